The van der Waals surface area contributed by atoms with Crippen LogP contribution in [0.5, 0.6) is 0 Å². The molecule has 19 heavy (non-hydrogen) atoms. The summed E-state index contributed by atoms with van der Waals surface area (Å²) < 4.78 is 0.619. The molecule has 2 rings (SSSR count). The number of carbonyl (C=O) groups excluding carboxylic acids is 1. The first-order chi connectivity index (χ1) is 9.20. The second-order valence-electron chi connectivity index (χ2n) is 3.87. The molecule has 2 aromatic rings. The lowest BCUT2D eigenvalue weighted by Crippen LogP contribution is -2.16. The van der Waals surface area contributed by atoms with Crippen molar-refractivity contribution in [2.24, 2.45) is 5.73 Å². The van der Waals surface area contributed by atoms with Crippen LogP contribution in [-0.2, 0) is 6.42 Å². The summed E-state index contributed by atoms with van der Waals surface area (Å²) in [6.07, 6.45) is 3.69. The van der Waals surface area contributed by atoms with E-state index in [4.69, 9.17) is 5.73 Å². The van der Waals surface area contributed by atoms with E-state index in [9.17, 15) is 4.79 Å². The lowest BCUT2D eigenvalue weighted by atomic mass is 10.0. The minimum atomic E-state index is -0.208. The molecule has 1 amide bonds. The van der Waals surface area contributed by atoms with Gasteiger partial charge in [0.2, 0.25) is 0 Å². The predicted molar refractivity (Wildman–Crippen MR) is 76.9 cm³/mol. The molecule has 1 aromatic heterocycles. The van der Waals surface area contributed by atoms with Crippen LogP contribution in [-0.4, -0.2) is 22.4 Å². The highest BCUT2D eigenvalue weighted by Crippen LogP contribution is 2.12. The summed E-state index contributed by atoms with van der Waals surface area (Å²) in [7, 11) is 0. The van der Waals surface area contributed by atoms with Gasteiger partial charge in [-0.3, -0.25) is 4.79 Å². The van der Waals surface area contributed by atoms with E-state index in [0.717, 1.165) is 5.56 Å². The van der Waals surface area contributed by atoms with Gasteiger partial charge in [0.1, 0.15) is 4.60 Å². The Balaban J connectivity index is 2.18. The third-order valence-electron chi connectivity index (χ3n) is 2.54. The van der Waals surface area contributed by atoms with Crippen molar-refractivity contribution in [3.05, 3.63) is 52.4 Å². The molecule has 6 heteroatoms. The van der Waals surface area contributed by atoms with E-state index in [1.165, 1.54) is 12.4 Å². The highest BCUT2D eigenvalue weighted by Gasteiger charge is 2.11. The number of hydrogen-bond acceptors (Lipinski definition) is 4. The summed E-state index contributed by atoms with van der Waals surface area (Å²) in [6, 6.07) is 7.38. The van der Waals surface area contributed by atoms with Gasteiger partial charge in [-0.2, -0.15) is 0 Å². The molecule has 5 nitrogen and oxygen atoms in total. The van der Waals surface area contributed by atoms with Crippen LogP contribution in [0.2, 0.25) is 0 Å². The smallest absolute Gasteiger partial charge is 0.257 e. The number of anilines is 1. The molecule has 0 unspecified atom stereocenters. The topological polar surface area (TPSA) is 80.9 Å². The first-order valence-electron chi connectivity index (χ1n) is 5.77. The molecule has 0 bridgehead atoms. The Morgan fingerprint density at radius 3 is 2.74 bits per heavy atom. The molecular weight excluding hydrogens is 308 g/mol. The monoisotopic (exact) mass is 320 g/mol. The summed E-state index contributed by atoms with van der Waals surface area (Å²) >= 11 is 3.19. The van der Waals surface area contributed by atoms with Crippen LogP contribution in [0.1, 0.15) is 15.9 Å². The van der Waals surface area contributed by atoms with Gasteiger partial charge >= 0.3 is 0 Å². The zero-order valence-corrected chi connectivity index (χ0v) is 11.7. The van der Waals surface area contributed by atoms with E-state index in [1.807, 2.05) is 18.2 Å². The molecule has 0 saturated carbocycles. The fraction of sp³-hybridized carbons (Fsp3) is 0.154. The molecule has 0 fully saturated rings. The summed E-state index contributed by atoms with van der Waals surface area (Å²) in [6.45, 7) is 0.502. The van der Waals surface area contributed by atoms with Gasteiger partial charge in [0.05, 0.1) is 12.4 Å². The van der Waals surface area contributed by atoms with E-state index >= 15 is 0 Å². The van der Waals surface area contributed by atoms with E-state index in [2.05, 4.69) is 31.2 Å². The Kier molecular flexibility index (Phi) is 4.59. The number of benzene rings is 1. The van der Waals surface area contributed by atoms with Crippen LogP contribution < -0.4 is 11.1 Å². The molecule has 0 atom stereocenters. The second-order valence-corrected chi connectivity index (χ2v) is 4.69. The van der Waals surface area contributed by atoms with Crippen molar-refractivity contribution in [3.63, 3.8) is 0 Å². The Morgan fingerprint density at radius 2 is 2.05 bits per heavy atom. The zero-order chi connectivity index (χ0) is 13.7. The minimum absolute atomic E-state index is 0.208. The van der Waals surface area contributed by atoms with E-state index in [-0.39, 0.29) is 5.91 Å². The van der Waals surface area contributed by atoms with Crippen LogP contribution in [0.4, 0.5) is 5.82 Å². The van der Waals surface area contributed by atoms with Crippen molar-refractivity contribution in [1.82, 2.24) is 9.97 Å². The number of amides is 1. The van der Waals surface area contributed by atoms with Gasteiger partial charge in [0, 0.05) is 5.56 Å². The van der Waals surface area contributed by atoms with Gasteiger partial charge in [-0.1, -0.05) is 18.2 Å². The number of rotatable bonds is 4. The summed E-state index contributed by atoms with van der Waals surface area (Å²) in [5, 5.41) is 2.71. The van der Waals surface area contributed by atoms with E-state index in [0.29, 0.717) is 29.0 Å². The quantitative estimate of drug-likeness (QED) is 0.902. The van der Waals surface area contributed by atoms with Gasteiger partial charge in [0.25, 0.3) is 5.91 Å². The molecule has 0 saturated heterocycles. The predicted octanol–water partition coefficient (Wildman–Crippen LogP) is 1.99. The highest BCUT2D eigenvalue weighted by molar-refractivity contribution is 9.10. The zero-order valence-electron chi connectivity index (χ0n) is 10.1. The molecule has 3 N–H and O–H groups in total. The Bertz CT molecular complexity index is 571. The van der Waals surface area contributed by atoms with Gasteiger partial charge in [-0.15, -0.1) is 0 Å². The van der Waals surface area contributed by atoms with Gasteiger partial charge in [0.15, 0.2) is 5.82 Å². The first kappa shape index (κ1) is 13.6. The summed E-state index contributed by atoms with van der Waals surface area (Å²) in [5.41, 5.74) is 7.07. The third-order valence-corrected chi connectivity index (χ3v) is 2.95. The van der Waals surface area contributed by atoms with Crippen molar-refractivity contribution in [1.29, 1.82) is 0 Å². The average molecular weight is 321 g/mol. The summed E-state index contributed by atoms with van der Waals surface area (Å²) in [5.74, 6) is 0.205. The average Bonchev–Trinajstić information content (AvgIpc) is 2.42. The fourth-order valence-electron chi connectivity index (χ4n) is 1.68. The number of halogens is 1. The number of aromatic nitrogens is 2. The summed E-state index contributed by atoms with van der Waals surface area (Å²) in [4.78, 5) is 20.2. The van der Waals surface area contributed by atoms with Crippen molar-refractivity contribution in [2.45, 2.75) is 6.42 Å². The van der Waals surface area contributed by atoms with Gasteiger partial charge < -0.3 is 11.1 Å². The first-order valence-corrected chi connectivity index (χ1v) is 6.57. The molecule has 1 aromatic carbocycles. The van der Waals surface area contributed by atoms with E-state index in [1.54, 1.807) is 6.07 Å². The largest absolute Gasteiger partial charge is 0.330 e. The standard InChI is InChI=1S/C13H13BrN4O/c14-11-7-17-12(8-16-11)18-13(19)10-4-2-1-3-9(10)5-6-15/h1-4,7-8H,5-6,15H2,(H,17,18,19). The number of hydrogen-bond donors (Lipinski definition) is 2. The van der Waals surface area contributed by atoms with Crippen molar-refractivity contribution in [3.8, 4) is 0 Å². The minimum Gasteiger partial charge on any atom is -0.330 e. The second kappa shape index (κ2) is 6.40. The van der Waals surface area contributed by atoms with Crippen LogP contribution in [0.25, 0.3) is 0 Å². The molecule has 98 valence electrons. The lowest BCUT2D eigenvalue weighted by molar-refractivity contribution is 0.102. The maximum absolute atomic E-state index is 12.2. The van der Waals surface area contributed by atoms with Gasteiger partial charge in [-0.05, 0) is 40.5 Å². The van der Waals surface area contributed by atoms with Crippen LogP contribution >= 0.6 is 15.9 Å². The Hall–Kier alpha value is -1.79. The molecular formula is C13H13BrN4O. The lowest BCUT2D eigenvalue weighted by Gasteiger charge is -2.08. The van der Waals surface area contributed by atoms with Crippen LogP contribution in [0, 0.1) is 0 Å². The van der Waals surface area contributed by atoms with Crippen molar-refractivity contribution in [2.75, 3.05) is 11.9 Å². The van der Waals surface area contributed by atoms with E-state index < -0.39 is 0 Å². The Morgan fingerprint density at radius 1 is 1.26 bits per heavy atom. The normalized spacial score (nSPS) is 10.2. The fourth-order valence-corrected chi connectivity index (χ4v) is 1.88. The third kappa shape index (κ3) is 3.59. The number of nitrogens with one attached hydrogen (secondary N) is 1. The maximum atomic E-state index is 12.2. The Labute approximate surface area is 119 Å². The molecule has 0 radical (unpaired) electrons. The van der Waals surface area contributed by atoms with Crippen LogP contribution in [0.3, 0.4) is 0 Å². The molecule has 0 aliphatic rings. The number of carbonyl (C=O) groups is 1. The van der Waals surface area contributed by atoms with Crippen molar-refractivity contribution < 1.29 is 4.79 Å². The molecule has 0 aliphatic heterocycles. The SMILES string of the molecule is NCCc1ccccc1C(=O)Nc1cnc(Br)cn1. The van der Waals surface area contributed by atoms with Crippen molar-refractivity contribution >= 4 is 27.7 Å². The van der Waals surface area contributed by atoms with Gasteiger partial charge in [-0.25, -0.2) is 9.97 Å². The molecule has 0 spiro atoms. The molecule has 0 aliphatic carbocycles. The highest BCUT2D eigenvalue weighted by atomic mass is 79.9. The van der Waals surface area contributed by atoms with Crippen LogP contribution in [0.15, 0.2) is 41.3 Å². The maximum Gasteiger partial charge on any atom is 0.257 e. The molecule has 1 heterocycles. The number of nitrogens with two attached hydrogens (primary N) is 1. The number of nitrogens with zero attached hydrogens (tertiary/aromatic N) is 2.